The van der Waals surface area contributed by atoms with Crippen molar-refractivity contribution < 1.29 is 0 Å². The van der Waals surface area contributed by atoms with Crippen molar-refractivity contribution in [3.05, 3.63) is 103 Å². The molecule has 2 heterocycles. The number of nitrogens with zero attached hydrogens (tertiary/aromatic N) is 5. The molecular weight excluding hydrogens is 358 g/mol. The van der Waals surface area contributed by atoms with Crippen LogP contribution < -0.4 is 0 Å². The van der Waals surface area contributed by atoms with Crippen LogP contribution in [0.4, 0.5) is 0 Å². The highest BCUT2D eigenvalue weighted by Crippen LogP contribution is 2.24. The van der Waals surface area contributed by atoms with E-state index < -0.39 is 0 Å². The molecule has 0 aliphatic heterocycles. The Bertz CT molecular complexity index is 1170. The van der Waals surface area contributed by atoms with E-state index in [0.29, 0.717) is 17.6 Å². The largest absolute Gasteiger partial charge is 0.268 e. The van der Waals surface area contributed by atoms with E-state index in [0.717, 1.165) is 22.5 Å². The summed E-state index contributed by atoms with van der Waals surface area (Å²) in [5.74, 6) is 2.58. The predicted octanol–water partition coefficient (Wildman–Crippen LogP) is 5.06. The van der Waals surface area contributed by atoms with Gasteiger partial charge in [-0.15, -0.1) is 0 Å². The van der Waals surface area contributed by atoms with Crippen LogP contribution in [0.3, 0.4) is 0 Å². The lowest BCUT2D eigenvalue weighted by molar-refractivity contribution is 0.911. The molecule has 5 aromatic rings. The maximum atomic E-state index is 4.76. The summed E-state index contributed by atoms with van der Waals surface area (Å²) >= 11 is 0. The number of benzene rings is 3. The lowest BCUT2D eigenvalue weighted by Crippen LogP contribution is -2.07. The van der Waals surface area contributed by atoms with Gasteiger partial charge in [0.05, 0.1) is 0 Å². The molecule has 3 aromatic carbocycles. The zero-order valence-electron chi connectivity index (χ0n) is 15.6. The lowest BCUT2D eigenvalue weighted by Gasteiger charge is -2.10. The summed E-state index contributed by atoms with van der Waals surface area (Å²) in [6.45, 7) is 0. The average Bonchev–Trinajstić information content (AvgIpc) is 3.31. The molecule has 0 fully saturated rings. The minimum atomic E-state index is 0.536. The summed E-state index contributed by atoms with van der Waals surface area (Å²) < 4.78 is 1.90. The van der Waals surface area contributed by atoms with Gasteiger partial charge in [0, 0.05) is 29.1 Å². The smallest absolute Gasteiger partial charge is 0.239 e. The Morgan fingerprint density at radius 3 is 1.52 bits per heavy atom. The molecule has 5 rings (SSSR count). The van der Waals surface area contributed by atoms with Crippen molar-refractivity contribution in [3.8, 4) is 40.1 Å². The van der Waals surface area contributed by atoms with E-state index in [-0.39, 0.29) is 0 Å². The highest BCUT2D eigenvalue weighted by Gasteiger charge is 2.15. The summed E-state index contributed by atoms with van der Waals surface area (Å²) in [6.07, 6.45) is 3.64. The fraction of sp³-hybridized carbons (Fsp3) is 0. The van der Waals surface area contributed by atoms with E-state index in [1.165, 1.54) is 0 Å². The van der Waals surface area contributed by atoms with Gasteiger partial charge in [-0.2, -0.15) is 9.97 Å². The second kappa shape index (κ2) is 7.48. The summed E-state index contributed by atoms with van der Waals surface area (Å²) in [5, 5.41) is 0. The van der Waals surface area contributed by atoms with Gasteiger partial charge in [-0.25, -0.2) is 9.97 Å². The summed E-state index contributed by atoms with van der Waals surface area (Å²) in [6, 6.07) is 29.9. The summed E-state index contributed by atoms with van der Waals surface area (Å²) in [5.41, 5.74) is 2.88. The van der Waals surface area contributed by atoms with Crippen LogP contribution in [0.2, 0.25) is 0 Å². The highest BCUT2D eigenvalue weighted by atomic mass is 15.2. The third kappa shape index (κ3) is 3.41. The van der Waals surface area contributed by atoms with Crippen molar-refractivity contribution in [1.82, 2.24) is 24.5 Å². The molecule has 0 aliphatic rings. The second-order valence-corrected chi connectivity index (χ2v) is 6.50. The molecule has 0 spiro atoms. The number of aromatic nitrogens is 5. The molecule has 0 amide bonds. The van der Waals surface area contributed by atoms with Crippen LogP contribution in [-0.4, -0.2) is 24.5 Å². The van der Waals surface area contributed by atoms with Gasteiger partial charge in [-0.05, 0) is 0 Å². The van der Waals surface area contributed by atoms with Crippen LogP contribution in [0.25, 0.3) is 40.1 Å². The van der Waals surface area contributed by atoms with Crippen molar-refractivity contribution in [2.45, 2.75) is 0 Å². The zero-order valence-corrected chi connectivity index (χ0v) is 15.6. The molecule has 5 nitrogen and oxygen atoms in total. The average molecular weight is 375 g/mol. The van der Waals surface area contributed by atoms with Gasteiger partial charge in [0.15, 0.2) is 11.6 Å². The van der Waals surface area contributed by atoms with Gasteiger partial charge in [0.25, 0.3) is 0 Å². The number of rotatable bonds is 4. The molecule has 0 N–H and O–H groups in total. The van der Waals surface area contributed by atoms with Gasteiger partial charge in [0.1, 0.15) is 5.82 Å². The molecule has 0 aliphatic carbocycles. The molecule has 0 saturated heterocycles. The summed E-state index contributed by atoms with van der Waals surface area (Å²) in [4.78, 5) is 18.8. The fourth-order valence-electron chi connectivity index (χ4n) is 3.17. The molecule has 0 bridgehead atoms. The van der Waals surface area contributed by atoms with Crippen molar-refractivity contribution >= 4 is 0 Å². The first kappa shape index (κ1) is 17.0. The Morgan fingerprint density at radius 1 is 0.517 bits per heavy atom. The number of imidazole rings is 1. The molecule has 0 saturated carbocycles. The molecule has 0 atom stereocenters. The monoisotopic (exact) mass is 375 g/mol. The van der Waals surface area contributed by atoms with Crippen LogP contribution in [-0.2, 0) is 0 Å². The molecule has 138 valence electrons. The zero-order chi connectivity index (χ0) is 19.5. The van der Waals surface area contributed by atoms with Crippen LogP contribution in [0.5, 0.6) is 0 Å². The third-order valence-electron chi connectivity index (χ3n) is 4.58. The van der Waals surface area contributed by atoms with Crippen LogP contribution >= 0.6 is 0 Å². The first-order chi connectivity index (χ1) is 14.4. The van der Waals surface area contributed by atoms with E-state index in [1.807, 2.05) is 102 Å². The molecule has 0 radical (unpaired) electrons. The normalized spacial score (nSPS) is 10.8. The van der Waals surface area contributed by atoms with Crippen molar-refractivity contribution in [2.75, 3.05) is 0 Å². The maximum absolute atomic E-state index is 4.76. The maximum Gasteiger partial charge on any atom is 0.239 e. The van der Waals surface area contributed by atoms with E-state index >= 15 is 0 Å². The van der Waals surface area contributed by atoms with Crippen molar-refractivity contribution in [3.63, 3.8) is 0 Å². The van der Waals surface area contributed by atoms with Crippen LogP contribution in [0.1, 0.15) is 0 Å². The second-order valence-electron chi connectivity index (χ2n) is 6.50. The predicted molar refractivity (Wildman–Crippen MR) is 113 cm³/mol. The van der Waals surface area contributed by atoms with E-state index in [9.17, 15) is 0 Å². The molecule has 5 heteroatoms. The van der Waals surface area contributed by atoms with E-state index in [1.54, 1.807) is 6.20 Å². The summed E-state index contributed by atoms with van der Waals surface area (Å²) in [7, 11) is 0. The minimum Gasteiger partial charge on any atom is -0.268 e. The Balaban J connectivity index is 1.71. The number of hydrogen-bond acceptors (Lipinski definition) is 4. The molecular formula is C24H17N5. The van der Waals surface area contributed by atoms with E-state index in [2.05, 4.69) is 4.98 Å². The quantitative estimate of drug-likeness (QED) is 0.441. The van der Waals surface area contributed by atoms with Crippen LogP contribution in [0, 0.1) is 0 Å². The Morgan fingerprint density at radius 2 is 1.00 bits per heavy atom. The first-order valence-corrected chi connectivity index (χ1v) is 9.34. The van der Waals surface area contributed by atoms with E-state index in [4.69, 9.17) is 15.0 Å². The topological polar surface area (TPSA) is 56.5 Å². The van der Waals surface area contributed by atoms with Gasteiger partial charge in [0.2, 0.25) is 5.95 Å². The first-order valence-electron chi connectivity index (χ1n) is 9.34. The lowest BCUT2D eigenvalue weighted by atomic mass is 10.2. The highest BCUT2D eigenvalue weighted by molar-refractivity contribution is 5.63. The number of hydrogen-bond donors (Lipinski definition) is 0. The SMILES string of the molecule is c1ccc(-c2nc(-c3ccccc3)nc(-n3ccnc3-c3ccccc3)n2)cc1. The van der Waals surface area contributed by atoms with Gasteiger partial charge in [-0.1, -0.05) is 91.0 Å². The van der Waals surface area contributed by atoms with Crippen molar-refractivity contribution in [1.29, 1.82) is 0 Å². The fourth-order valence-corrected chi connectivity index (χ4v) is 3.17. The molecule has 2 aromatic heterocycles. The van der Waals surface area contributed by atoms with Crippen molar-refractivity contribution in [2.24, 2.45) is 0 Å². The Labute approximate surface area is 168 Å². The Kier molecular flexibility index (Phi) is 4.39. The molecule has 0 unspecified atom stereocenters. The van der Waals surface area contributed by atoms with Gasteiger partial charge < -0.3 is 0 Å². The third-order valence-corrected chi connectivity index (χ3v) is 4.58. The van der Waals surface area contributed by atoms with Crippen LogP contribution in [0.15, 0.2) is 103 Å². The standard InChI is InChI=1S/C24H17N5/c1-4-10-18(11-5-1)21-26-22(19-12-6-2-7-13-19)28-24(27-21)29-17-16-25-23(29)20-14-8-3-9-15-20/h1-17H. The van der Waals surface area contributed by atoms with Gasteiger partial charge in [-0.3, -0.25) is 4.57 Å². The van der Waals surface area contributed by atoms with Gasteiger partial charge >= 0.3 is 0 Å². The Hall–Kier alpha value is -4.12. The minimum absolute atomic E-state index is 0.536. The molecule has 29 heavy (non-hydrogen) atoms.